The lowest BCUT2D eigenvalue weighted by Gasteiger charge is -2.07. The van der Waals surface area contributed by atoms with E-state index in [0.717, 1.165) is 39.0 Å². The molecule has 1 aromatic heterocycles. The number of ether oxygens (including phenoxy) is 1. The van der Waals surface area contributed by atoms with E-state index >= 15 is 0 Å². The number of benzene rings is 2. The maximum Gasteiger partial charge on any atom is 0.224 e. The quantitative estimate of drug-likeness (QED) is 0.758. The van der Waals surface area contributed by atoms with Crippen LogP contribution in [0.15, 0.2) is 41.0 Å². The zero-order valence-corrected chi connectivity index (χ0v) is 15.1. The summed E-state index contributed by atoms with van der Waals surface area (Å²) in [5.74, 6) is 0.789. The second kappa shape index (κ2) is 7.01. The molecule has 0 bridgehead atoms. The normalized spacial score (nSPS) is 10.9. The van der Waals surface area contributed by atoms with Gasteiger partial charge in [-0.05, 0) is 55.2 Å². The summed E-state index contributed by atoms with van der Waals surface area (Å²) in [7, 11) is 1.64. The summed E-state index contributed by atoms with van der Waals surface area (Å²) >= 11 is 0. The fourth-order valence-electron chi connectivity index (χ4n) is 3.10. The molecule has 4 heteroatoms. The molecule has 4 nitrogen and oxygen atoms in total. The van der Waals surface area contributed by atoms with Gasteiger partial charge in [0.1, 0.15) is 11.3 Å². The predicted octanol–water partition coefficient (Wildman–Crippen LogP) is 4.23. The number of rotatable bonds is 5. The summed E-state index contributed by atoms with van der Waals surface area (Å²) < 4.78 is 10.9. The Morgan fingerprint density at radius 1 is 1.12 bits per heavy atom. The molecule has 0 saturated carbocycles. The Morgan fingerprint density at radius 2 is 1.84 bits per heavy atom. The number of carbonyl (C=O) groups is 1. The van der Waals surface area contributed by atoms with Gasteiger partial charge in [0.05, 0.1) is 19.8 Å². The van der Waals surface area contributed by atoms with Crippen molar-refractivity contribution in [3.05, 3.63) is 64.4 Å². The lowest BCUT2D eigenvalue weighted by Crippen LogP contribution is -2.24. The van der Waals surface area contributed by atoms with Gasteiger partial charge < -0.3 is 14.5 Å². The molecule has 0 aliphatic carbocycles. The first-order valence-corrected chi connectivity index (χ1v) is 8.36. The molecule has 3 rings (SSSR count). The molecule has 0 spiro atoms. The summed E-state index contributed by atoms with van der Waals surface area (Å²) in [6.07, 6.45) is 2.02. The predicted molar refractivity (Wildman–Crippen MR) is 99.0 cm³/mol. The summed E-state index contributed by atoms with van der Waals surface area (Å²) in [6.45, 7) is 6.68. The van der Waals surface area contributed by atoms with Crippen LogP contribution in [0.5, 0.6) is 5.75 Å². The van der Waals surface area contributed by atoms with Crippen molar-refractivity contribution in [1.82, 2.24) is 5.32 Å². The molecule has 1 N–H and O–H groups in total. The third-order valence-corrected chi connectivity index (χ3v) is 4.63. The van der Waals surface area contributed by atoms with Crippen LogP contribution < -0.4 is 10.1 Å². The molecule has 1 heterocycles. The molecule has 0 fully saturated rings. The van der Waals surface area contributed by atoms with E-state index in [2.05, 4.69) is 25.2 Å². The number of methoxy groups -OCH3 is 1. The molecule has 0 aliphatic rings. The van der Waals surface area contributed by atoms with Crippen LogP contribution in [-0.4, -0.2) is 13.0 Å². The standard InChI is InChI=1S/C21H23NO3/c1-13-9-14(2)20-17(12-25-21(20)15(13)3)10-19(23)22-11-16-5-7-18(24-4)8-6-16/h5-9,12H,10-11H2,1-4H3,(H,22,23). The second-order valence-corrected chi connectivity index (χ2v) is 6.40. The van der Waals surface area contributed by atoms with Gasteiger partial charge in [0.15, 0.2) is 0 Å². The Labute approximate surface area is 147 Å². The van der Waals surface area contributed by atoms with Crippen molar-refractivity contribution in [3.63, 3.8) is 0 Å². The van der Waals surface area contributed by atoms with Gasteiger partial charge in [-0.2, -0.15) is 0 Å². The molecule has 130 valence electrons. The van der Waals surface area contributed by atoms with Gasteiger partial charge >= 0.3 is 0 Å². The number of amides is 1. The van der Waals surface area contributed by atoms with Crippen LogP contribution in [0.2, 0.25) is 0 Å². The lowest BCUT2D eigenvalue weighted by molar-refractivity contribution is -0.120. The summed E-state index contributed by atoms with van der Waals surface area (Å²) in [6, 6.07) is 9.82. The Morgan fingerprint density at radius 3 is 2.52 bits per heavy atom. The number of aryl methyl sites for hydroxylation is 3. The van der Waals surface area contributed by atoms with Crippen LogP contribution in [0.1, 0.15) is 27.8 Å². The molecule has 0 atom stereocenters. The van der Waals surface area contributed by atoms with Crippen LogP contribution in [0.25, 0.3) is 11.0 Å². The third-order valence-electron chi connectivity index (χ3n) is 4.63. The van der Waals surface area contributed by atoms with Crippen molar-refractivity contribution in [2.45, 2.75) is 33.7 Å². The Kier molecular flexibility index (Phi) is 4.79. The van der Waals surface area contributed by atoms with Crippen LogP contribution >= 0.6 is 0 Å². The minimum atomic E-state index is -0.0175. The van der Waals surface area contributed by atoms with Crippen molar-refractivity contribution in [2.75, 3.05) is 7.11 Å². The minimum Gasteiger partial charge on any atom is -0.497 e. The monoisotopic (exact) mass is 337 g/mol. The third kappa shape index (κ3) is 3.53. The van der Waals surface area contributed by atoms with Gasteiger partial charge in [0.2, 0.25) is 5.91 Å². The molecule has 0 unspecified atom stereocenters. The zero-order chi connectivity index (χ0) is 18.0. The number of nitrogens with one attached hydrogen (secondary N) is 1. The van der Waals surface area contributed by atoms with E-state index in [0.29, 0.717) is 13.0 Å². The highest BCUT2D eigenvalue weighted by Crippen LogP contribution is 2.30. The van der Waals surface area contributed by atoms with Gasteiger partial charge in [-0.15, -0.1) is 0 Å². The molecule has 0 aliphatic heterocycles. The van der Waals surface area contributed by atoms with E-state index in [4.69, 9.17) is 9.15 Å². The number of hydrogen-bond acceptors (Lipinski definition) is 3. The summed E-state index contributed by atoms with van der Waals surface area (Å²) in [5.41, 5.74) is 6.33. The molecular weight excluding hydrogens is 314 g/mol. The molecule has 0 radical (unpaired) electrons. The van der Waals surface area contributed by atoms with E-state index in [1.165, 1.54) is 5.56 Å². The van der Waals surface area contributed by atoms with E-state index in [1.807, 2.05) is 31.2 Å². The minimum absolute atomic E-state index is 0.0175. The fraction of sp³-hybridized carbons (Fsp3) is 0.286. The van der Waals surface area contributed by atoms with Crippen molar-refractivity contribution >= 4 is 16.9 Å². The molecule has 25 heavy (non-hydrogen) atoms. The molecular formula is C21H23NO3. The van der Waals surface area contributed by atoms with E-state index < -0.39 is 0 Å². The lowest BCUT2D eigenvalue weighted by atomic mass is 9.99. The highest BCUT2D eigenvalue weighted by atomic mass is 16.5. The Bertz CT molecular complexity index is 907. The van der Waals surface area contributed by atoms with Crippen molar-refractivity contribution in [1.29, 1.82) is 0 Å². The first kappa shape index (κ1) is 17.1. The van der Waals surface area contributed by atoms with Crippen LogP contribution in [-0.2, 0) is 17.8 Å². The number of carbonyl (C=O) groups excluding carboxylic acids is 1. The van der Waals surface area contributed by atoms with Gasteiger partial charge in [-0.1, -0.05) is 18.2 Å². The average molecular weight is 337 g/mol. The summed E-state index contributed by atoms with van der Waals surface area (Å²) in [5, 5.41) is 4.02. The van der Waals surface area contributed by atoms with E-state index in [-0.39, 0.29) is 5.91 Å². The van der Waals surface area contributed by atoms with Gasteiger partial charge in [0, 0.05) is 17.5 Å². The van der Waals surface area contributed by atoms with Crippen molar-refractivity contribution in [2.24, 2.45) is 0 Å². The van der Waals surface area contributed by atoms with Crippen LogP contribution in [0.3, 0.4) is 0 Å². The smallest absolute Gasteiger partial charge is 0.224 e. The number of hydrogen-bond donors (Lipinski definition) is 1. The number of furan rings is 1. The van der Waals surface area contributed by atoms with Gasteiger partial charge in [0.25, 0.3) is 0 Å². The average Bonchev–Trinajstić information content (AvgIpc) is 3.02. The van der Waals surface area contributed by atoms with E-state index in [9.17, 15) is 4.79 Å². The van der Waals surface area contributed by atoms with Crippen LogP contribution in [0.4, 0.5) is 0 Å². The highest BCUT2D eigenvalue weighted by Gasteiger charge is 2.15. The van der Waals surface area contributed by atoms with E-state index in [1.54, 1.807) is 13.4 Å². The maximum atomic E-state index is 12.3. The Hall–Kier alpha value is -2.75. The molecule has 3 aromatic rings. The topological polar surface area (TPSA) is 51.5 Å². The Balaban J connectivity index is 1.70. The fourth-order valence-corrected chi connectivity index (χ4v) is 3.10. The largest absolute Gasteiger partial charge is 0.497 e. The van der Waals surface area contributed by atoms with Gasteiger partial charge in [-0.25, -0.2) is 0 Å². The first-order chi connectivity index (χ1) is 12.0. The van der Waals surface area contributed by atoms with Crippen LogP contribution in [0, 0.1) is 20.8 Å². The SMILES string of the molecule is COc1ccc(CNC(=O)Cc2coc3c(C)c(C)cc(C)c23)cc1. The maximum absolute atomic E-state index is 12.3. The molecule has 1 amide bonds. The zero-order valence-electron chi connectivity index (χ0n) is 15.1. The van der Waals surface area contributed by atoms with Crippen molar-refractivity contribution < 1.29 is 13.9 Å². The second-order valence-electron chi connectivity index (χ2n) is 6.40. The molecule has 0 saturated heterocycles. The van der Waals surface area contributed by atoms with Crippen molar-refractivity contribution in [3.8, 4) is 5.75 Å². The summed E-state index contributed by atoms with van der Waals surface area (Å²) in [4.78, 5) is 12.3. The first-order valence-electron chi connectivity index (χ1n) is 8.36. The number of fused-ring (bicyclic) bond motifs is 1. The highest BCUT2D eigenvalue weighted by molar-refractivity contribution is 5.91. The molecule has 2 aromatic carbocycles. The van der Waals surface area contributed by atoms with Gasteiger partial charge in [-0.3, -0.25) is 4.79 Å².